The summed E-state index contributed by atoms with van der Waals surface area (Å²) >= 11 is 0. The van der Waals surface area contributed by atoms with Crippen molar-refractivity contribution < 1.29 is 32.3 Å². The zero-order valence-corrected chi connectivity index (χ0v) is 25.3. The molecule has 2 saturated heterocycles. The quantitative estimate of drug-likeness (QED) is 0.437. The number of nitrogens with zero attached hydrogens (tertiary/aromatic N) is 4. The highest BCUT2D eigenvalue weighted by Crippen LogP contribution is 2.39. The van der Waals surface area contributed by atoms with Gasteiger partial charge in [0.15, 0.2) is 0 Å². The molecule has 2 aromatic carbocycles. The largest absolute Gasteiger partial charge is 0.450 e. The highest BCUT2D eigenvalue weighted by molar-refractivity contribution is 6.07. The zero-order chi connectivity index (χ0) is 32.6. The van der Waals surface area contributed by atoms with Crippen molar-refractivity contribution in [3.8, 4) is 0 Å². The second kappa shape index (κ2) is 12.5. The van der Waals surface area contributed by atoms with E-state index in [0.717, 1.165) is 24.2 Å². The number of rotatable bonds is 5. The van der Waals surface area contributed by atoms with Crippen LogP contribution in [0.2, 0.25) is 0 Å². The number of halogens is 3. The van der Waals surface area contributed by atoms with E-state index in [1.54, 1.807) is 42.2 Å². The third kappa shape index (κ3) is 6.31. The molecule has 10 nitrogen and oxygen atoms in total. The predicted molar refractivity (Wildman–Crippen MR) is 164 cm³/mol. The first-order valence-electron chi connectivity index (χ1n) is 15.3. The first-order chi connectivity index (χ1) is 22.0. The number of carbonyl (C=O) groups is 3. The number of ether oxygens (including phenoxy) is 1. The average Bonchev–Trinajstić information content (AvgIpc) is 3.04. The number of amides is 3. The van der Waals surface area contributed by atoms with E-state index in [-0.39, 0.29) is 35.5 Å². The molecular weight excluding hydrogens is 603 g/mol. The average molecular weight is 638 g/mol. The van der Waals surface area contributed by atoms with Gasteiger partial charge in [0.05, 0.1) is 23.5 Å². The van der Waals surface area contributed by atoms with Crippen molar-refractivity contribution in [2.75, 3.05) is 56.1 Å². The molecule has 0 saturated carbocycles. The van der Waals surface area contributed by atoms with Gasteiger partial charge in [0.2, 0.25) is 0 Å². The number of alkyl halides is 3. The summed E-state index contributed by atoms with van der Waals surface area (Å²) in [7, 11) is 0. The van der Waals surface area contributed by atoms with E-state index in [2.05, 4.69) is 10.2 Å². The summed E-state index contributed by atoms with van der Waals surface area (Å²) in [6.45, 7) is 4.87. The van der Waals surface area contributed by atoms with E-state index in [4.69, 9.17) is 4.74 Å². The summed E-state index contributed by atoms with van der Waals surface area (Å²) in [5, 5.41) is 2.79. The number of aromatic nitrogens is 1. The second-order valence-corrected chi connectivity index (χ2v) is 11.8. The summed E-state index contributed by atoms with van der Waals surface area (Å²) in [5.74, 6) is -0.816. The topological polar surface area (TPSA) is 104 Å². The van der Waals surface area contributed by atoms with Crippen LogP contribution < -0.4 is 15.8 Å². The van der Waals surface area contributed by atoms with E-state index >= 15 is 0 Å². The highest BCUT2D eigenvalue weighted by Gasteiger charge is 2.36. The van der Waals surface area contributed by atoms with Crippen LogP contribution in [0.4, 0.5) is 29.3 Å². The first-order valence-corrected chi connectivity index (χ1v) is 15.3. The molecule has 1 aromatic heterocycles. The number of carbonyl (C=O) groups excluding carboxylic acids is 3. The Balaban J connectivity index is 1.29. The lowest BCUT2D eigenvalue weighted by Gasteiger charge is -2.44. The molecular formula is C33H34F3N5O5. The normalized spacial score (nSPS) is 19.3. The minimum Gasteiger partial charge on any atom is -0.450 e. The lowest BCUT2D eigenvalue weighted by molar-refractivity contribution is -0.137. The third-order valence-corrected chi connectivity index (χ3v) is 8.86. The lowest BCUT2D eigenvalue weighted by Crippen LogP contribution is -2.50. The molecule has 0 spiro atoms. The molecule has 1 N–H and O–H groups in total. The maximum atomic E-state index is 13.6. The van der Waals surface area contributed by atoms with Gasteiger partial charge in [0.25, 0.3) is 17.4 Å². The number of nitrogens with one attached hydrogen (secondary N) is 1. The van der Waals surface area contributed by atoms with E-state index in [0.29, 0.717) is 62.8 Å². The van der Waals surface area contributed by atoms with Gasteiger partial charge in [-0.25, -0.2) is 4.79 Å². The van der Waals surface area contributed by atoms with Gasteiger partial charge < -0.3 is 29.3 Å². The van der Waals surface area contributed by atoms with Crippen LogP contribution in [-0.4, -0.2) is 78.1 Å². The molecule has 242 valence electrons. The van der Waals surface area contributed by atoms with Gasteiger partial charge in [-0.05, 0) is 61.7 Å². The minimum atomic E-state index is -4.62. The fourth-order valence-corrected chi connectivity index (χ4v) is 6.66. The molecule has 0 radical (unpaired) electrons. The lowest BCUT2D eigenvalue weighted by atomic mass is 9.83. The van der Waals surface area contributed by atoms with Crippen molar-refractivity contribution in [2.24, 2.45) is 5.92 Å². The fourth-order valence-electron chi connectivity index (χ4n) is 6.66. The Morgan fingerprint density at radius 2 is 1.63 bits per heavy atom. The van der Waals surface area contributed by atoms with Gasteiger partial charge in [-0.15, -0.1) is 0 Å². The van der Waals surface area contributed by atoms with Gasteiger partial charge in [-0.3, -0.25) is 14.4 Å². The Morgan fingerprint density at radius 1 is 0.891 bits per heavy atom. The molecule has 3 amide bonds. The van der Waals surface area contributed by atoms with E-state index < -0.39 is 23.7 Å². The Hall–Kier alpha value is -4.81. The van der Waals surface area contributed by atoms with Crippen LogP contribution in [0, 0.1) is 5.92 Å². The monoisotopic (exact) mass is 637 g/mol. The molecule has 2 bridgehead atoms. The van der Waals surface area contributed by atoms with Gasteiger partial charge in [-0.2, -0.15) is 13.2 Å². The second-order valence-electron chi connectivity index (χ2n) is 11.8. The van der Waals surface area contributed by atoms with E-state index in [9.17, 15) is 32.3 Å². The molecule has 4 heterocycles. The molecule has 0 aliphatic carbocycles. The van der Waals surface area contributed by atoms with Crippen LogP contribution in [0.3, 0.4) is 0 Å². The zero-order valence-electron chi connectivity index (χ0n) is 25.3. The number of piperidine rings is 1. The maximum absolute atomic E-state index is 13.6. The van der Waals surface area contributed by atoms with Crippen molar-refractivity contribution in [2.45, 2.75) is 32.0 Å². The van der Waals surface area contributed by atoms with Crippen molar-refractivity contribution in [3.63, 3.8) is 0 Å². The molecule has 2 atom stereocenters. The Morgan fingerprint density at radius 3 is 2.37 bits per heavy atom. The van der Waals surface area contributed by atoms with Gasteiger partial charge in [-0.1, -0.05) is 12.1 Å². The Bertz CT molecular complexity index is 1720. The highest BCUT2D eigenvalue weighted by atomic mass is 19.4. The van der Waals surface area contributed by atoms with Crippen LogP contribution >= 0.6 is 0 Å². The standard InChI is InChI=1S/C33H34F3N5O5/c1-2-46-32(45)39-13-11-38(12-14-39)31(44)23-9-10-28(26(17-23)37-30(43)22-5-3-6-25(16-22)33(34,35)36)40-18-21-15-24(20-40)27-7-4-8-29(42)41(27)19-21/h3-10,16-17,21,24H,2,11-15,18-20H2,1H3,(H,37,43). The molecule has 3 aromatic rings. The molecule has 13 heteroatoms. The first kappa shape index (κ1) is 31.2. The minimum absolute atomic E-state index is 0.0411. The molecule has 2 fully saturated rings. The van der Waals surface area contributed by atoms with Crippen LogP contribution in [-0.2, 0) is 17.5 Å². The van der Waals surface area contributed by atoms with E-state index in [1.807, 2.05) is 10.6 Å². The van der Waals surface area contributed by atoms with Gasteiger partial charge in [0.1, 0.15) is 0 Å². The van der Waals surface area contributed by atoms with E-state index in [1.165, 1.54) is 17.0 Å². The van der Waals surface area contributed by atoms with Crippen molar-refractivity contribution >= 4 is 29.3 Å². The fraction of sp³-hybridized carbons (Fsp3) is 0.394. The number of pyridine rings is 1. The third-order valence-electron chi connectivity index (χ3n) is 8.86. The number of benzene rings is 2. The smallest absolute Gasteiger partial charge is 0.416 e. The summed E-state index contributed by atoms with van der Waals surface area (Å²) in [6.07, 6.45) is -4.15. The summed E-state index contributed by atoms with van der Waals surface area (Å²) in [5.41, 5.74) is 1.01. The summed E-state index contributed by atoms with van der Waals surface area (Å²) in [4.78, 5) is 56.9. The summed E-state index contributed by atoms with van der Waals surface area (Å²) in [6, 6.07) is 14.4. The van der Waals surface area contributed by atoms with Crippen molar-refractivity contribution in [1.29, 1.82) is 0 Å². The SMILES string of the molecule is CCOC(=O)N1CCN(C(=O)c2ccc(N3CC4CC(C3)c3cccc(=O)n3C4)c(NC(=O)c3cccc(C(F)(F)F)c3)c2)CC1. The predicted octanol–water partition coefficient (Wildman–Crippen LogP) is 4.66. The number of piperazine rings is 1. The van der Waals surface area contributed by atoms with Crippen LogP contribution in [0.1, 0.15) is 51.2 Å². The maximum Gasteiger partial charge on any atom is 0.416 e. The van der Waals surface area contributed by atoms with Crippen molar-refractivity contribution in [1.82, 2.24) is 14.4 Å². The molecule has 3 aliphatic rings. The van der Waals surface area contributed by atoms with Crippen molar-refractivity contribution in [3.05, 3.63) is 93.4 Å². The number of anilines is 2. The van der Waals surface area contributed by atoms with Gasteiger partial charge >= 0.3 is 12.3 Å². The van der Waals surface area contributed by atoms with Crippen LogP contribution in [0.5, 0.6) is 0 Å². The van der Waals surface area contributed by atoms with Gasteiger partial charge in [0, 0.05) is 74.6 Å². The summed E-state index contributed by atoms with van der Waals surface area (Å²) < 4.78 is 47.1. The molecule has 2 unspecified atom stereocenters. The Labute approximate surface area is 263 Å². The number of hydrogen-bond acceptors (Lipinski definition) is 6. The molecule has 46 heavy (non-hydrogen) atoms. The molecule has 6 rings (SSSR count). The van der Waals surface area contributed by atoms with Crippen LogP contribution in [0.15, 0.2) is 65.5 Å². The number of hydrogen-bond donors (Lipinski definition) is 1. The number of fused-ring (bicyclic) bond motifs is 4. The van der Waals surface area contributed by atoms with Crippen LogP contribution in [0.25, 0.3) is 0 Å². The Kier molecular flexibility index (Phi) is 8.49. The molecule has 3 aliphatic heterocycles.